The van der Waals surface area contributed by atoms with Gasteiger partial charge in [0.1, 0.15) is 5.78 Å². The van der Waals surface area contributed by atoms with Gasteiger partial charge < -0.3 is 4.79 Å². The number of unbranched alkanes of at least 4 members (excludes halogenated alkanes) is 13. The van der Waals surface area contributed by atoms with Gasteiger partial charge in [0, 0.05) is 6.42 Å². The van der Waals surface area contributed by atoms with E-state index in [1.807, 2.05) is 0 Å². The van der Waals surface area contributed by atoms with E-state index in [0.29, 0.717) is 5.78 Å². The third kappa shape index (κ3) is 19.5. The van der Waals surface area contributed by atoms with Crippen LogP contribution in [0.3, 0.4) is 0 Å². The van der Waals surface area contributed by atoms with Crippen molar-refractivity contribution in [3.63, 3.8) is 0 Å². The Hall–Kier alpha value is -0.590. The largest absolute Gasteiger partial charge is 0.300 e. The van der Waals surface area contributed by atoms with Crippen molar-refractivity contribution >= 4 is 5.78 Å². The van der Waals surface area contributed by atoms with E-state index < -0.39 is 0 Å². The van der Waals surface area contributed by atoms with E-state index in [9.17, 15) is 4.79 Å². The molecular formula is C23H44O. The van der Waals surface area contributed by atoms with Crippen LogP contribution in [0, 0.1) is 0 Å². The maximum Gasteiger partial charge on any atom is 0.129 e. The zero-order valence-electron chi connectivity index (χ0n) is 17.0. The summed E-state index contributed by atoms with van der Waals surface area (Å²) in [7, 11) is 0. The lowest BCUT2D eigenvalue weighted by Crippen LogP contribution is -1.89. The summed E-state index contributed by atoms with van der Waals surface area (Å²) in [6.07, 6.45) is 24.8. The predicted molar refractivity (Wildman–Crippen MR) is 109 cm³/mol. The molecule has 0 aliphatic rings. The van der Waals surface area contributed by atoms with Gasteiger partial charge in [-0.1, -0.05) is 89.2 Å². The summed E-state index contributed by atoms with van der Waals surface area (Å²) in [4.78, 5) is 10.8. The molecule has 0 fully saturated rings. The lowest BCUT2D eigenvalue weighted by atomic mass is 10.0. The third-order valence-corrected chi connectivity index (χ3v) is 4.90. The van der Waals surface area contributed by atoms with Gasteiger partial charge in [0.15, 0.2) is 0 Å². The summed E-state index contributed by atoms with van der Waals surface area (Å²) < 4.78 is 0. The van der Waals surface area contributed by atoms with Crippen LogP contribution in [0.25, 0.3) is 0 Å². The first-order chi connectivity index (χ1) is 11.7. The van der Waals surface area contributed by atoms with Crippen molar-refractivity contribution in [3.05, 3.63) is 11.6 Å². The van der Waals surface area contributed by atoms with E-state index in [2.05, 4.69) is 19.9 Å². The summed E-state index contributed by atoms with van der Waals surface area (Å²) in [6, 6.07) is 0. The molecule has 0 N–H and O–H groups in total. The normalized spacial score (nSPS) is 11.9. The van der Waals surface area contributed by atoms with Gasteiger partial charge in [-0.2, -0.15) is 0 Å². The zero-order chi connectivity index (χ0) is 17.9. The van der Waals surface area contributed by atoms with Gasteiger partial charge in [0.05, 0.1) is 0 Å². The van der Waals surface area contributed by atoms with Crippen LogP contribution in [0.5, 0.6) is 0 Å². The van der Waals surface area contributed by atoms with Crippen molar-refractivity contribution in [1.29, 1.82) is 0 Å². The van der Waals surface area contributed by atoms with Gasteiger partial charge in [-0.05, 0) is 46.0 Å². The number of carbonyl (C=O) groups is 1. The minimum Gasteiger partial charge on any atom is -0.300 e. The smallest absolute Gasteiger partial charge is 0.129 e. The standard InChI is InChI=1S/C23H44O/c1-4-5-6-7-8-9-10-13-16-19-22(2)20-17-14-11-12-15-18-21-23(3)24/h19H,4-18,20-21H2,1-3H3. The van der Waals surface area contributed by atoms with Crippen molar-refractivity contribution in [2.24, 2.45) is 0 Å². The number of carbonyl (C=O) groups excluding carboxylic acids is 1. The molecule has 0 aromatic heterocycles. The summed E-state index contributed by atoms with van der Waals surface area (Å²) in [5.74, 6) is 0.340. The highest BCUT2D eigenvalue weighted by Gasteiger charge is 1.96. The Bertz CT molecular complexity index is 303. The second-order valence-electron chi connectivity index (χ2n) is 7.64. The molecule has 24 heavy (non-hydrogen) atoms. The van der Waals surface area contributed by atoms with E-state index in [-0.39, 0.29) is 0 Å². The number of hydrogen-bond acceptors (Lipinski definition) is 1. The molecule has 1 nitrogen and oxygen atoms in total. The summed E-state index contributed by atoms with van der Waals surface area (Å²) in [5.41, 5.74) is 1.59. The van der Waals surface area contributed by atoms with Crippen molar-refractivity contribution < 1.29 is 4.79 Å². The molecular weight excluding hydrogens is 292 g/mol. The number of Topliss-reactive ketones (excluding diaryl/α,β-unsaturated/α-hetero) is 1. The Kier molecular flexibility index (Phi) is 18.3. The van der Waals surface area contributed by atoms with Gasteiger partial charge in [0.25, 0.3) is 0 Å². The molecule has 0 atom stereocenters. The van der Waals surface area contributed by atoms with Crippen LogP contribution in [-0.4, -0.2) is 5.78 Å². The van der Waals surface area contributed by atoms with Crippen LogP contribution in [0.15, 0.2) is 11.6 Å². The van der Waals surface area contributed by atoms with E-state index in [1.165, 1.54) is 96.3 Å². The van der Waals surface area contributed by atoms with Crippen LogP contribution < -0.4 is 0 Å². The molecule has 0 saturated carbocycles. The van der Waals surface area contributed by atoms with Crippen molar-refractivity contribution in [1.82, 2.24) is 0 Å². The van der Waals surface area contributed by atoms with Gasteiger partial charge in [-0.25, -0.2) is 0 Å². The van der Waals surface area contributed by atoms with Gasteiger partial charge >= 0.3 is 0 Å². The van der Waals surface area contributed by atoms with Crippen LogP contribution in [-0.2, 0) is 4.79 Å². The first kappa shape index (κ1) is 23.4. The van der Waals surface area contributed by atoms with Crippen LogP contribution in [0.4, 0.5) is 0 Å². The van der Waals surface area contributed by atoms with E-state index in [1.54, 1.807) is 12.5 Å². The molecule has 0 aromatic rings. The van der Waals surface area contributed by atoms with Gasteiger partial charge in [-0.15, -0.1) is 0 Å². The second kappa shape index (κ2) is 18.7. The van der Waals surface area contributed by atoms with Crippen LogP contribution >= 0.6 is 0 Å². The van der Waals surface area contributed by atoms with E-state index in [0.717, 1.165) is 12.8 Å². The average Bonchev–Trinajstić information content (AvgIpc) is 2.55. The van der Waals surface area contributed by atoms with Gasteiger partial charge in [-0.3, -0.25) is 0 Å². The number of allylic oxidation sites excluding steroid dienone is 2. The lowest BCUT2D eigenvalue weighted by molar-refractivity contribution is -0.117. The summed E-state index contributed by atoms with van der Waals surface area (Å²) in [6.45, 7) is 6.28. The first-order valence-electron chi connectivity index (χ1n) is 10.8. The third-order valence-electron chi connectivity index (χ3n) is 4.90. The molecule has 0 unspecified atom stereocenters. The highest BCUT2D eigenvalue weighted by molar-refractivity contribution is 5.75. The van der Waals surface area contributed by atoms with Crippen LogP contribution in [0.2, 0.25) is 0 Å². The second-order valence-corrected chi connectivity index (χ2v) is 7.64. The molecule has 0 aliphatic heterocycles. The fourth-order valence-electron chi connectivity index (χ4n) is 3.21. The van der Waals surface area contributed by atoms with Crippen LogP contribution in [0.1, 0.15) is 130 Å². The SMILES string of the molecule is CCCCCCCCCCC=C(C)CCCCCCCCC(C)=O. The lowest BCUT2D eigenvalue weighted by Gasteiger charge is -2.03. The Morgan fingerprint density at radius 3 is 1.62 bits per heavy atom. The monoisotopic (exact) mass is 336 g/mol. The predicted octanol–water partition coefficient (Wildman–Crippen LogP) is 8.17. The Morgan fingerprint density at radius 1 is 0.625 bits per heavy atom. The molecule has 0 bridgehead atoms. The highest BCUT2D eigenvalue weighted by atomic mass is 16.1. The average molecular weight is 337 g/mol. The zero-order valence-corrected chi connectivity index (χ0v) is 17.0. The molecule has 0 spiro atoms. The Labute approximate surface area is 152 Å². The molecule has 1 heteroatoms. The summed E-state index contributed by atoms with van der Waals surface area (Å²) in [5, 5.41) is 0. The number of rotatable bonds is 18. The summed E-state index contributed by atoms with van der Waals surface area (Å²) >= 11 is 0. The molecule has 0 amide bonds. The molecule has 0 saturated heterocycles. The minimum atomic E-state index is 0.340. The molecule has 0 radical (unpaired) electrons. The first-order valence-corrected chi connectivity index (χ1v) is 10.8. The Morgan fingerprint density at radius 2 is 1.08 bits per heavy atom. The highest BCUT2D eigenvalue weighted by Crippen LogP contribution is 2.14. The Balaban J connectivity index is 3.28. The fraction of sp³-hybridized carbons (Fsp3) is 0.870. The van der Waals surface area contributed by atoms with Gasteiger partial charge in [0.2, 0.25) is 0 Å². The van der Waals surface area contributed by atoms with E-state index in [4.69, 9.17) is 0 Å². The minimum absolute atomic E-state index is 0.340. The number of ketones is 1. The maximum absolute atomic E-state index is 10.8. The maximum atomic E-state index is 10.8. The molecule has 0 aliphatic carbocycles. The quantitative estimate of drug-likeness (QED) is 0.182. The molecule has 0 heterocycles. The molecule has 0 aromatic carbocycles. The molecule has 142 valence electrons. The van der Waals surface area contributed by atoms with E-state index >= 15 is 0 Å². The fourth-order valence-corrected chi connectivity index (χ4v) is 3.21. The molecule has 0 rings (SSSR count). The topological polar surface area (TPSA) is 17.1 Å². The van der Waals surface area contributed by atoms with Crippen molar-refractivity contribution in [2.75, 3.05) is 0 Å². The van der Waals surface area contributed by atoms with Crippen molar-refractivity contribution in [3.8, 4) is 0 Å². The number of hydrogen-bond donors (Lipinski definition) is 0. The van der Waals surface area contributed by atoms with Crippen molar-refractivity contribution in [2.45, 2.75) is 130 Å².